The number of benzene rings is 1. The Bertz CT molecular complexity index is 879. The predicted octanol–water partition coefficient (Wildman–Crippen LogP) is 6.01. The number of nitrogen functional groups attached to an aromatic ring is 2. The van der Waals surface area contributed by atoms with Gasteiger partial charge in [0.05, 0.1) is 5.69 Å². The minimum atomic E-state index is -7.45. The van der Waals surface area contributed by atoms with Crippen LogP contribution in [0.15, 0.2) is 18.2 Å². The van der Waals surface area contributed by atoms with Crippen molar-refractivity contribution in [2.24, 2.45) is 0 Å². The quantitative estimate of drug-likeness (QED) is 0.205. The van der Waals surface area contributed by atoms with Gasteiger partial charge in [-0.3, -0.25) is 9.47 Å². The van der Waals surface area contributed by atoms with Crippen molar-refractivity contribution in [3.8, 4) is 5.75 Å². The van der Waals surface area contributed by atoms with E-state index in [9.17, 15) is 57.1 Å². The number of halogens is 15. The Hall–Kier alpha value is -1.79. The minimum absolute atomic E-state index is 0.0781. The average Bonchev–Trinajstić information content (AvgIpc) is 2.57. The van der Waals surface area contributed by atoms with Gasteiger partial charge in [-0.2, -0.15) is 57.1 Å². The lowest BCUT2D eigenvalue weighted by Crippen LogP contribution is -2.65. The van der Waals surface area contributed by atoms with E-state index in [0.717, 1.165) is 18.2 Å². The van der Waals surface area contributed by atoms with E-state index in [1.165, 1.54) is 0 Å². The Morgan fingerprint density at radius 2 is 1.24 bits per heavy atom. The first-order valence-corrected chi connectivity index (χ1v) is 8.57. The Balaban J connectivity index is 3.30. The smallest absolute Gasteiger partial charge is 0.458 e. The highest BCUT2D eigenvalue weighted by Crippen LogP contribution is 2.55. The van der Waals surface area contributed by atoms with E-state index in [0.29, 0.717) is 0 Å². The highest BCUT2D eigenvalue weighted by molar-refractivity contribution is 6.31. The second kappa shape index (κ2) is 9.02. The van der Waals surface area contributed by atoms with E-state index < -0.39 is 58.9 Å². The van der Waals surface area contributed by atoms with Crippen LogP contribution in [0.3, 0.4) is 0 Å². The van der Waals surface area contributed by atoms with Gasteiger partial charge >= 0.3 is 40.9 Å². The SMILES string of the molecule is Nc1ccc(OCC(F)(F)C(F)(F)OC(F)(C(F)(F)F)C(F)(F)OC(F)(Cl)C(F)(F)Cl)c(N)c1. The molecule has 0 aliphatic rings. The van der Waals surface area contributed by atoms with Crippen LogP contribution >= 0.6 is 23.2 Å². The summed E-state index contributed by atoms with van der Waals surface area (Å²) in [4.78, 5) is 0. The lowest BCUT2D eigenvalue weighted by molar-refractivity contribution is -0.531. The fourth-order valence-corrected chi connectivity index (χ4v) is 1.90. The second-order valence-electron chi connectivity index (χ2n) is 6.14. The summed E-state index contributed by atoms with van der Waals surface area (Å²) in [5, 5.41) is -11.7. The summed E-state index contributed by atoms with van der Waals surface area (Å²) in [6.07, 6.45) is -21.6. The van der Waals surface area contributed by atoms with E-state index in [4.69, 9.17) is 11.5 Å². The molecular formula is C14H9Cl2F13N2O3. The van der Waals surface area contributed by atoms with Crippen LogP contribution in [0.5, 0.6) is 5.75 Å². The normalized spacial score (nSPS) is 17.7. The fraction of sp³-hybridized carbons (Fsp3) is 0.571. The number of rotatable bonds is 10. The van der Waals surface area contributed by atoms with Gasteiger partial charge < -0.3 is 16.2 Å². The van der Waals surface area contributed by atoms with Gasteiger partial charge in [0.2, 0.25) is 0 Å². The van der Waals surface area contributed by atoms with Crippen molar-refractivity contribution in [1.82, 2.24) is 0 Å². The zero-order valence-electron chi connectivity index (χ0n) is 15.5. The van der Waals surface area contributed by atoms with Crippen LogP contribution in [-0.2, 0) is 9.47 Å². The largest absolute Gasteiger partial charge is 0.485 e. The van der Waals surface area contributed by atoms with Crippen molar-refractivity contribution < 1.29 is 71.3 Å². The molecule has 0 saturated heterocycles. The molecule has 5 nitrogen and oxygen atoms in total. The van der Waals surface area contributed by atoms with Gasteiger partial charge in [-0.25, -0.2) is 0 Å². The summed E-state index contributed by atoms with van der Waals surface area (Å²) in [6, 6.07) is 2.53. The molecule has 1 rings (SSSR count). The molecule has 0 saturated carbocycles. The van der Waals surface area contributed by atoms with Crippen LogP contribution in [0.4, 0.5) is 68.5 Å². The molecule has 0 aliphatic heterocycles. The third-order valence-electron chi connectivity index (χ3n) is 3.46. The molecule has 1 aromatic carbocycles. The van der Waals surface area contributed by atoms with Crippen LogP contribution in [0.25, 0.3) is 0 Å². The van der Waals surface area contributed by atoms with Crippen molar-refractivity contribution in [1.29, 1.82) is 0 Å². The number of anilines is 2. The lowest BCUT2D eigenvalue weighted by Gasteiger charge is -2.39. The molecule has 0 radical (unpaired) electrons. The molecule has 0 amide bonds. The Morgan fingerprint density at radius 1 is 0.735 bits per heavy atom. The summed E-state index contributed by atoms with van der Waals surface area (Å²) >= 11 is 7.92. The summed E-state index contributed by atoms with van der Waals surface area (Å²) in [7, 11) is 0. The summed E-state index contributed by atoms with van der Waals surface area (Å²) in [6.45, 7) is -2.67. The average molecular weight is 571 g/mol. The van der Waals surface area contributed by atoms with Crippen LogP contribution in [0, 0.1) is 0 Å². The maximum atomic E-state index is 14.1. The van der Waals surface area contributed by atoms with Crippen LogP contribution in [0.1, 0.15) is 0 Å². The molecule has 0 fully saturated rings. The molecule has 34 heavy (non-hydrogen) atoms. The van der Waals surface area contributed by atoms with E-state index in [1.807, 2.05) is 4.74 Å². The first kappa shape index (κ1) is 30.2. The maximum absolute atomic E-state index is 14.1. The molecule has 0 spiro atoms. The highest BCUT2D eigenvalue weighted by atomic mass is 35.5. The molecule has 0 aromatic heterocycles. The summed E-state index contributed by atoms with van der Waals surface area (Å²) < 4.78 is 182. The van der Waals surface area contributed by atoms with E-state index in [2.05, 4.69) is 32.7 Å². The van der Waals surface area contributed by atoms with Crippen molar-refractivity contribution in [2.45, 2.75) is 40.9 Å². The van der Waals surface area contributed by atoms with Gasteiger partial charge in [0, 0.05) is 5.69 Å². The molecule has 20 heteroatoms. The fourth-order valence-electron chi connectivity index (χ4n) is 1.77. The standard InChI is InChI=1S/C14H9Cl2F13N2O3/c15-10(20,21)11(16,22)34-14(28,29)9(19,12(23,24)25)33-13(26,27)8(17,18)4-32-7-2-1-5(30)3-6(7)31/h1-3H,4,30-31H2. The van der Waals surface area contributed by atoms with E-state index in [-0.39, 0.29) is 5.69 Å². The molecule has 2 unspecified atom stereocenters. The summed E-state index contributed by atoms with van der Waals surface area (Å²) in [5.41, 5.74) is 9.88. The van der Waals surface area contributed by atoms with Crippen LogP contribution < -0.4 is 16.2 Å². The molecule has 0 bridgehead atoms. The molecule has 198 valence electrons. The monoisotopic (exact) mass is 570 g/mol. The Morgan fingerprint density at radius 3 is 1.65 bits per heavy atom. The third kappa shape index (κ3) is 6.06. The minimum Gasteiger partial charge on any atom is -0.485 e. The van der Waals surface area contributed by atoms with Gasteiger partial charge in [-0.15, -0.1) is 0 Å². The van der Waals surface area contributed by atoms with Crippen molar-refractivity contribution in [3.63, 3.8) is 0 Å². The molecule has 4 N–H and O–H groups in total. The predicted molar refractivity (Wildman–Crippen MR) is 88.2 cm³/mol. The molecular weight excluding hydrogens is 562 g/mol. The molecule has 0 heterocycles. The van der Waals surface area contributed by atoms with Crippen LogP contribution in [-0.4, -0.2) is 47.5 Å². The number of nitrogens with two attached hydrogens (primary N) is 2. The van der Waals surface area contributed by atoms with Gasteiger partial charge in [0.1, 0.15) is 5.75 Å². The first-order valence-electron chi connectivity index (χ1n) is 7.81. The van der Waals surface area contributed by atoms with Gasteiger partial charge in [-0.1, -0.05) is 0 Å². The van der Waals surface area contributed by atoms with Crippen molar-refractivity contribution >= 4 is 34.6 Å². The number of alkyl halides is 15. The highest BCUT2D eigenvalue weighted by Gasteiger charge is 2.82. The van der Waals surface area contributed by atoms with Gasteiger partial charge in [0.15, 0.2) is 6.61 Å². The molecule has 2 atom stereocenters. The third-order valence-corrected chi connectivity index (χ3v) is 4.12. The molecule has 1 aromatic rings. The molecule has 0 aliphatic carbocycles. The van der Waals surface area contributed by atoms with Crippen LogP contribution in [0.2, 0.25) is 0 Å². The van der Waals surface area contributed by atoms with E-state index in [1.54, 1.807) is 0 Å². The second-order valence-corrected chi connectivity index (χ2v) is 7.10. The number of hydrogen-bond donors (Lipinski definition) is 2. The maximum Gasteiger partial charge on any atom is 0.458 e. The zero-order chi connectivity index (χ0) is 27.2. The number of hydrogen-bond acceptors (Lipinski definition) is 5. The van der Waals surface area contributed by atoms with Gasteiger partial charge in [0.25, 0.3) is 0 Å². The topological polar surface area (TPSA) is 79.7 Å². The Kier molecular flexibility index (Phi) is 8.02. The van der Waals surface area contributed by atoms with Gasteiger partial charge in [-0.05, 0) is 41.4 Å². The van der Waals surface area contributed by atoms with Crippen molar-refractivity contribution in [3.05, 3.63) is 18.2 Å². The van der Waals surface area contributed by atoms with E-state index >= 15 is 0 Å². The Labute approximate surface area is 189 Å². The van der Waals surface area contributed by atoms with Crippen molar-refractivity contribution in [2.75, 3.05) is 18.1 Å². The lowest BCUT2D eigenvalue weighted by atomic mass is 10.2. The zero-order valence-corrected chi connectivity index (χ0v) is 17.0. The number of ether oxygens (including phenoxy) is 3. The first-order chi connectivity index (χ1) is 14.8. The summed E-state index contributed by atoms with van der Waals surface area (Å²) in [5.74, 6) is -14.3.